The van der Waals surface area contributed by atoms with Crippen molar-refractivity contribution in [1.82, 2.24) is 0 Å². The molecule has 2 fully saturated rings. The molecule has 6 nitrogen and oxygen atoms in total. The van der Waals surface area contributed by atoms with E-state index in [9.17, 15) is 9.90 Å². The average Bonchev–Trinajstić information content (AvgIpc) is 3.24. The minimum atomic E-state index is -0.390. The van der Waals surface area contributed by atoms with Crippen LogP contribution in [0.1, 0.15) is 30.3 Å². The molecule has 142 valence electrons. The fourth-order valence-electron chi connectivity index (χ4n) is 4.00. The van der Waals surface area contributed by atoms with Gasteiger partial charge >= 0.3 is 5.97 Å². The van der Waals surface area contributed by atoms with Gasteiger partial charge in [0.2, 0.25) is 0 Å². The molecule has 0 aliphatic carbocycles. The van der Waals surface area contributed by atoms with Gasteiger partial charge in [-0.1, -0.05) is 18.2 Å². The highest BCUT2D eigenvalue weighted by atomic mass is 16.6. The summed E-state index contributed by atoms with van der Waals surface area (Å²) < 4.78 is 22.7. The Bertz CT molecular complexity index is 831. The van der Waals surface area contributed by atoms with Crippen LogP contribution in [-0.4, -0.2) is 31.4 Å². The summed E-state index contributed by atoms with van der Waals surface area (Å²) >= 11 is 0. The van der Waals surface area contributed by atoms with Gasteiger partial charge in [0.1, 0.15) is 5.75 Å². The molecule has 2 aliphatic rings. The maximum absolute atomic E-state index is 11.2. The lowest BCUT2D eigenvalue weighted by Crippen LogP contribution is -2.14. The van der Waals surface area contributed by atoms with E-state index >= 15 is 0 Å². The zero-order valence-corrected chi connectivity index (χ0v) is 15.3. The van der Waals surface area contributed by atoms with Crippen molar-refractivity contribution in [2.45, 2.75) is 19.1 Å². The van der Waals surface area contributed by atoms with Crippen molar-refractivity contribution in [1.29, 1.82) is 0 Å². The predicted molar refractivity (Wildman–Crippen MR) is 96.8 cm³/mol. The average molecular weight is 370 g/mol. The molecule has 27 heavy (non-hydrogen) atoms. The minimum Gasteiger partial charge on any atom is -0.508 e. The fraction of sp³-hybridized carbons (Fsp3) is 0.381. The molecule has 4 unspecified atom stereocenters. The fourth-order valence-corrected chi connectivity index (χ4v) is 4.00. The van der Waals surface area contributed by atoms with E-state index in [4.69, 9.17) is 18.9 Å². The Morgan fingerprint density at radius 3 is 2.15 bits per heavy atom. The van der Waals surface area contributed by atoms with Crippen molar-refractivity contribution in [3.05, 3.63) is 53.6 Å². The number of carbonyl (C=O) groups excluding carboxylic acids is 1. The number of benzene rings is 2. The highest BCUT2D eigenvalue weighted by Gasteiger charge is 2.48. The highest BCUT2D eigenvalue weighted by molar-refractivity contribution is 5.70. The number of esters is 1. The number of phenols is 1. The molecule has 1 N–H and O–H groups in total. The van der Waals surface area contributed by atoms with Crippen molar-refractivity contribution in [2.75, 3.05) is 20.3 Å². The quantitative estimate of drug-likeness (QED) is 0.657. The van der Waals surface area contributed by atoms with Gasteiger partial charge in [-0.25, -0.2) is 0 Å². The van der Waals surface area contributed by atoms with Crippen molar-refractivity contribution < 1.29 is 28.8 Å². The second-order valence-corrected chi connectivity index (χ2v) is 6.93. The number of fused-ring (bicyclic) bond motifs is 1. The van der Waals surface area contributed by atoms with E-state index in [1.807, 2.05) is 24.3 Å². The van der Waals surface area contributed by atoms with Crippen LogP contribution < -0.4 is 9.47 Å². The lowest BCUT2D eigenvalue weighted by Gasteiger charge is -2.18. The first-order valence-corrected chi connectivity index (χ1v) is 8.95. The summed E-state index contributed by atoms with van der Waals surface area (Å²) in [5.41, 5.74) is 2.03. The number of carbonyl (C=O) groups is 1. The number of methoxy groups -OCH3 is 1. The van der Waals surface area contributed by atoms with E-state index in [1.54, 1.807) is 25.3 Å². The summed E-state index contributed by atoms with van der Waals surface area (Å²) in [5, 5.41) is 9.50. The third-order valence-electron chi connectivity index (χ3n) is 5.26. The van der Waals surface area contributed by atoms with Crippen LogP contribution in [0.15, 0.2) is 42.5 Å². The first-order valence-electron chi connectivity index (χ1n) is 8.95. The van der Waals surface area contributed by atoms with E-state index in [2.05, 4.69) is 0 Å². The minimum absolute atomic E-state index is 0.0391. The summed E-state index contributed by atoms with van der Waals surface area (Å²) in [7, 11) is 1.55. The summed E-state index contributed by atoms with van der Waals surface area (Å²) in [5.74, 6) is 1.23. The molecule has 0 spiro atoms. The lowest BCUT2D eigenvalue weighted by atomic mass is 9.85. The first-order chi connectivity index (χ1) is 13.1. The number of hydrogen-bond donors (Lipinski definition) is 1. The zero-order valence-electron chi connectivity index (χ0n) is 15.3. The SMILES string of the molecule is COc1cc(C2OCC3C(c4ccc(O)cc4)OCC23)ccc1OC(C)=O. The van der Waals surface area contributed by atoms with Crippen LogP contribution in [0.4, 0.5) is 0 Å². The second-order valence-electron chi connectivity index (χ2n) is 6.93. The molecule has 0 saturated carbocycles. The number of rotatable bonds is 4. The highest BCUT2D eigenvalue weighted by Crippen LogP contribution is 2.51. The number of hydrogen-bond acceptors (Lipinski definition) is 6. The normalized spacial score (nSPS) is 26.6. The summed E-state index contributed by atoms with van der Waals surface area (Å²) in [6, 6.07) is 12.6. The van der Waals surface area contributed by atoms with Gasteiger partial charge < -0.3 is 24.1 Å². The Hall–Kier alpha value is -2.57. The maximum Gasteiger partial charge on any atom is 0.308 e. The van der Waals surface area contributed by atoms with E-state index < -0.39 is 0 Å². The van der Waals surface area contributed by atoms with Gasteiger partial charge in [-0.3, -0.25) is 4.79 Å². The molecule has 0 radical (unpaired) electrons. The predicted octanol–water partition coefficient (Wildman–Crippen LogP) is 3.40. The largest absolute Gasteiger partial charge is 0.508 e. The van der Waals surface area contributed by atoms with Gasteiger partial charge in [0, 0.05) is 18.8 Å². The van der Waals surface area contributed by atoms with Gasteiger partial charge in [0.25, 0.3) is 0 Å². The maximum atomic E-state index is 11.2. The molecule has 2 aromatic carbocycles. The van der Waals surface area contributed by atoms with Crippen LogP contribution in [-0.2, 0) is 14.3 Å². The van der Waals surface area contributed by atoms with Crippen molar-refractivity contribution in [3.8, 4) is 17.2 Å². The molecule has 4 atom stereocenters. The van der Waals surface area contributed by atoms with Gasteiger partial charge in [-0.05, 0) is 35.4 Å². The molecule has 6 heteroatoms. The van der Waals surface area contributed by atoms with Gasteiger partial charge in [-0.15, -0.1) is 0 Å². The van der Waals surface area contributed by atoms with Crippen molar-refractivity contribution in [2.24, 2.45) is 11.8 Å². The van der Waals surface area contributed by atoms with Crippen LogP contribution in [0, 0.1) is 11.8 Å². The number of phenolic OH excluding ortho intramolecular Hbond substituents is 1. The Morgan fingerprint density at radius 1 is 0.963 bits per heavy atom. The third-order valence-corrected chi connectivity index (χ3v) is 5.26. The van der Waals surface area contributed by atoms with E-state index in [0.717, 1.165) is 11.1 Å². The molecule has 4 rings (SSSR count). The summed E-state index contributed by atoms with van der Waals surface area (Å²) in [6.45, 7) is 2.57. The van der Waals surface area contributed by atoms with E-state index in [-0.39, 0.29) is 35.8 Å². The van der Waals surface area contributed by atoms with Gasteiger partial charge in [0.05, 0.1) is 32.5 Å². The topological polar surface area (TPSA) is 74.2 Å². The van der Waals surface area contributed by atoms with E-state index in [0.29, 0.717) is 24.7 Å². The molecule has 2 heterocycles. The zero-order chi connectivity index (χ0) is 19.0. The Kier molecular flexibility index (Phi) is 4.76. The van der Waals surface area contributed by atoms with Crippen molar-refractivity contribution >= 4 is 5.97 Å². The molecular formula is C21H22O6. The van der Waals surface area contributed by atoms with Gasteiger partial charge in [0.15, 0.2) is 11.5 Å². The monoisotopic (exact) mass is 370 g/mol. The van der Waals surface area contributed by atoms with Gasteiger partial charge in [-0.2, -0.15) is 0 Å². The standard InChI is InChI=1S/C21H22O6/c1-12(22)27-18-8-5-14(9-19(18)24-2)21-17-11-25-20(16(17)10-26-21)13-3-6-15(23)7-4-13/h3-9,16-17,20-21,23H,10-11H2,1-2H3. The third kappa shape index (κ3) is 3.38. The lowest BCUT2D eigenvalue weighted by molar-refractivity contribution is -0.132. The molecular weight excluding hydrogens is 348 g/mol. The van der Waals surface area contributed by atoms with E-state index in [1.165, 1.54) is 6.92 Å². The Labute approximate surface area is 157 Å². The van der Waals surface area contributed by atoms with Crippen LogP contribution in [0.3, 0.4) is 0 Å². The number of aromatic hydroxyl groups is 1. The summed E-state index contributed by atoms with van der Waals surface area (Å²) in [4.78, 5) is 11.2. The first kappa shape index (κ1) is 17.8. The molecule has 0 aromatic heterocycles. The number of ether oxygens (including phenoxy) is 4. The summed E-state index contributed by atoms with van der Waals surface area (Å²) in [6.07, 6.45) is -0.139. The van der Waals surface area contributed by atoms with Crippen molar-refractivity contribution in [3.63, 3.8) is 0 Å². The molecule has 0 amide bonds. The van der Waals surface area contributed by atoms with Crippen LogP contribution in [0.25, 0.3) is 0 Å². The smallest absolute Gasteiger partial charge is 0.308 e. The molecule has 2 saturated heterocycles. The van der Waals surface area contributed by atoms with Crippen LogP contribution >= 0.6 is 0 Å². The molecule has 0 bridgehead atoms. The second kappa shape index (κ2) is 7.21. The Balaban J connectivity index is 1.55. The Morgan fingerprint density at radius 2 is 1.56 bits per heavy atom. The van der Waals surface area contributed by atoms with Crippen LogP contribution in [0.2, 0.25) is 0 Å². The molecule has 2 aliphatic heterocycles. The molecule has 2 aromatic rings. The van der Waals surface area contributed by atoms with Crippen LogP contribution in [0.5, 0.6) is 17.2 Å².